The Morgan fingerprint density at radius 1 is 1.42 bits per heavy atom. The van der Waals surface area contributed by atoms with Crippen LogP contribution in [0.3, 0.4) is 0 Å². The number of nitrogens with zero attached hydrogens (tertiary/aromatic N) is 1. The van der Waals surface area contributed by atoms with Crippen LogP contribution in [-0.4, -0.2) is 22.9 Å². The molecule has 13 heteroatoms. The molecule has 2 amide bonds. The Bertz CT molecular complexity index is 664. The van der Waals surface area contributed by atoms with Crippen LogP contribution in [0.1, 0.15) is 28.9 Å². The number of hydrazine groups is 1. The summed E-state index contributed by atoms with van der Waals surface area (Å²) in [5, 5.41) is 11.4. The van der Waals surface area contributed by atoms with Gasteiger partial charge in [0.1, 0.15) is 10.3 Å². The Morgan fingerprint density at radius 2 is 2.00 bits per heavy atom. The van der Waals surface area contributed by atoms with E-state index in [0.717, 1.165) is 0 Å². The zero-order chi connectivity index (χ0) is 18.5. The average Bonchev–Trinajstić information content (AvgIpc) is 2.50. The minimum absolute atomic E-state index is 0. The fraction of sp³-hybridized carbons (Fsp3) is 0.308. The molecule has 0 saturated carbocycles. The summed E-state index contributed by atoms with van der Waals surface area (Å²) in [5.41, 5.74) is 8.47. The molecule has 3 N–H and O–H groups in total. The molecule has 1 radical (unpaired) electrons. The maximum absolute atomic E-state index is 12.7. The summed E-state index contributed by atoms with van der Waals surface area (Å²) >= 11 is 2.58. The number of nitrogens with one attached hydrogen (secondary N) is 3. The predicted molar refractivity (Wildman–Crippen MR) is 79.7 cm³/mol. The van der Waals surface area contributed by atoms with Gasteiger partial charge in [0.25, 0.3) is 5.91 Å². The number of rotatable bonds is 5. The molecule has 1 aromatic rings. The maximum atomic E-state index is 12.7. The Morgan fingerprint density at radius 3 is 2.50 bits per heavy atom. The molecule has 1 atom stereocenters. The van der Waals surface area contributed by atoms with Crippen molar-refractivity contribution in [2.75, 3.05) is 0 Å². The molecular weight excluding hydrogens is 669 g/mol. The number of pyridine rings is 1. The topological polar surface area (TPSA) is 118 Å². The van der Waals surface area contributed by atoms with Crippen LogP contribution in [0, 0.1) is 0 Å². The number of carbonyl (C=O) groups excluding carboxylic acids is 2. The first kappa shape index (κ1) is 28.5. The Kier molecular flexibility index (Phi) is 14.0. The summed E-state index contributed by atoms with van der Waals surface area (Å²) in [5.74, 6) is -2.15. The molecule has 0 fully saturated rings. The quantitative estimate of drug-likeness (QED) is 0.236. The fourth-order valence-electron chi connectivity index (χ4n) is 1.52. The largest absolute Gasteiger partial charge is 1.00 e. The van der Waals surface area contributed by atoms with E-state index in [1.54, 1.807) is 0 Å². The molecule has 1 rings (SSSR count). The van der Waals surface area contributed by atoms with E-state index >= 15 is 0 Å². The van der Waals surface area contributed by atoms with E-state index in [1.807, 2.05) is 10.9 Å². The SMILES string of the molecule is C=CCCC([O-])C(=O)NNC(=O)c1nc(Br)c(C(F)(F)F)cc1[NH-].[Rb+].[Re]. The van der Waals surface area contributed by atoms with E-state index in [4.69, 9.17) is 5.73 Å². The van der Waals surface area contributed by atoms with Crippen molar-refractivity contribution < 1.29 is 106 Å². The maximum Gasteiger partial charge on any atom is 1.00 e. The van der Waals surface area contributed by atoms with Gasteiger partial charge in [0.05, 0.1) is 5.56 Å². The number of halogens is 4. The molecule has 0 aliphatic carbocycles. The van der Waals surface area contributed by atoms with Crippen LogP contribution in [0.5, 0.6) is 0 Å². The smallest absolute Gasteiger partial charge is 0.845 e. The van der Waals surface area contributed by atoms with Gasteiger partial charge >= 0.3 is 64.4 Å². The van der Waals surface area contributed by atoms with E-state index in [-0.39, 0.29) is 85.0 Å². The van der Waals surface area contributed by atoms with E-state index < -0.39 is 45.6 Å². The van der Waals surface area contributed by atoms with Gasteiger partial charge in [-0.2, -0.15) is 13.2 Å². The van der Waals surface area contributed by atoms with Gasteiger partial charge in [-0.3, -0.25) is 20.4 Å². The first-order valence-corrected chi connectivity index (χ1v) is 7.23. The van der Waals surface area contributed by atoms with E-state index in [0.29, 0.717) is 12.5 Å². The first-order chi connectivity index (χ1) is 11.1. The van der Waals surface area contributed by atoms with E-state index in [1.165, 1.54) is 6.08 Å². The molecule has 139 valence electrons. The molecule has 0 aliphatic heterocycles. The second-order valence-electron chi connectivity index (χ2n) is 4.52. The number of alkyl halides is 3. The van der Waals surface area contributed by atoms with Crippen molar-refractivity contribution >= 4 is 33.4 Å². The second-order valence-corrected chi connectivity index (χ2v) is 5.27. The van der Waals surface area contributed by atoms with Crippen molar-refractivity contribution in [1.82, 2.24) is 15.8 Å². The summed E-state index contributed by atoms with van der Waals surface area (Å²) in [6, 6.07) is 0.425. The molecular formula is C13H12BrF3N4O3RbRe-. The van der Waals surface area contributed by atoms with Crippen molar-refractivity contribution in [3.05, 3.63) is 40.3 Å². The van der Waals surface area contributed by atoms with Crippen LogP contribution in [0.15, 0.2) is 23.3 Å². The van der Waals surface area contributed by atoms with Crippen LogP contribution < -0.4 is 74.1 Å². The number of aromatic nitrogens is 1. The molecule has 0 aromatic carbocycles. The fourth-order valence-corrected chi connectivity index (χ4v) is 2.04. The van der Waals surface area contributed by atoms with Crippen LogP contribution in [0.2, 0.25) is 0 Å². The van der Waals surface area contributed by atoms with Crippen molar-refractivity contribution in [2.24, 2.45) is 0 Å². The van der Waals surface area contributed by atoms with Crippen molar-refractivity contribution in [3.8, 4) is 0 Å². The van der Waals surface area contributed by atoms with Crippen molar-refractivity contribution in [2.45, 2.75) is 25.1 Å². The Labute approximate surface area is 218 Å². The monoisotopic (exact) mass is 680 g/mol. The molecule has 1 unspecified atom stereocenters. The van der Waals surface area contributed by atoms with E-state index in [2.05, 4.69) is 27.5 Å². The summed E-state index contributed by atoms with van der Waals surface area (Å²) < 4.78 is 37.3. The van der Waals surface area contributed by atoms with Crippen LogP contribution in [-0.2, 0) is 31.4 Å². The zero-order valence-corrected chi connectivity index (χ0v) is 22.6. The van der Waals surface area contributed by atoms with Gasteiger partial charge < -0.3 is 10.8 Å². The van der Waals surface area contributed by atoms with Gasteiger partial charge in [-0.25, -0.2) is 4.98 Å². The minimum atomic E-state index is -4.74. The molecule has 0 saturated heterocycles. The second kappa shape index (κ2) is 12.7. The van der Waals surface area contributed by atoms with E-state index in [9.17, 15) is 27.9 Å². The van der Waals surface area contributed by atoms with Gasteiger partial charge in [-0.05, 0) is 28.5 Å². The van der Waals surface area contributed by atoms with Gasteiger partial charge in [-0.1, -0.05) is 18.6 Å². The van der Waals surface area contributed by atoms with Crippen LogP contribution >= 0.6 is 15.9 Å². The van der Waals surface area contributed by atoms with Gasteiger partial charge in [0, 0.05) is 20.4 Å². The number of hydrogen-bond acceptors (Lipinski definition) is 4. The summed E-state index contributed by atoms with van der Waals surface area (Å²) in [6.07, 6.45) is -4.66. The molecule has 26 heavy (non-hydrogen) atoms. The Balaban J connectivity index is 0. The zero-order valence-electron chi connectivity index (χ0n) is 13.4. The standard InChI is InChI=1S/C13H13BrF3N4O3.Rb.Re/c1-2-3-4-8(22)11(23)20-21-12(24)9-7(18)5-6(10(14)19-9)13(15,16)17;;/h2,5,8H,1,3-4H2,(H4,18,19,20,21,23,24);;/q-1;+1;/p-1. The third kappa shape index (κ3) is 8.56. The summed E-state index contributed by atoms with van der Waals surface area (Å²) in [6.45, 7) is 3.39. The molecule has 1 aromatic heterocycles. The number of amides is 2. The van der Waals surface area contributed by atoms with Gasteiger partial charge in [0.15, 0.2) is 0 Å². The molecule has 7 nitrogen and oxygen atoms in total. The summed E-state index contributed by atoms with van der Waals surface area (Å²) in [4.78, 5) is 26.6. The average molecular weight is 681 g/mol. The number of allylic oxidation sites excluding steroid dienone is 1. The van der Waals surface area contributed by atoms with Gasteiger partial charge in [0.2, 0.25) is 5.91 Å². The van der Waals surface area contributed by atoms with Crippen molar-refractivity contribution in [3.63, 3.8) is 0 Å². The number of hydrogen-bond donors (Lipinski definition) is 2. The first-order valence-electron chi connectivity index (χ1n) is 6.44. The minimum Gasteiger partial charge on any atom is -0.845 e. The van der Waals surface area contributed by atoms with Crippen molar-refractivity contribution in [1.29, 1.82) is 0 Å². The van der Waals surface area contributed by atoms with Crippen LogP contribution in [0.25, 0.3) is 5.73 Å². The third-order valence-electron chi connectivity index (χ3n) is 2.72. The van der Waals surface area contributed by atoms with Crippen LogP contribution in [0.4, 0.5) is 18.9 Å². The third-order valence-corrected chi connectivity index (χ3v) is 3.33. The molecule has 0 aliphatic rings. The molecule has 0 bridgehead atoms. The Hall–Kier alpha value is 0.328. The van der Waals surface area contributed by atoms with Gasteiger partial charge in [-0.15, -0.1) is 12.3 Å². The predicted octanol–water partition coefficient (Wildman–Crippen LogP) is -0.996. The molecule has 1 heterocycles. The normalized spacial score (nSPS) is 11.4. The summed E-state index contributed by atoms with van der Waals surface area (Å²) in [7, 11) is 0. The number of carbonyl (C=O) groups is 2. The molecule has 0 spiro atoms.